The summed E-state index contributed by atoms with van der Waals surface area (Å²) in [5, 5.41) is 3.80. The summed E-state index contributed by atoms with van der Waals surface area (Å²) >= 11 is 0. The van der Waals surface area contributed by atoms with E-state index in [1.165, 1.54) is 58.2 Å². The Balaban J connectivity index is 1.36. The lowest BCUT2D eigenvalue weighted by Gasteiger charge is -2.30. The van der Waals surface area contributed by atoms with Gasteiger partial charge in [0.25, 0.3) is 0 Å². The van der Waals surface area contributed by atoms with Gasteiger partial charge in [-0.3, -0.25) is 4.90 Å². The Morgan fingerprint density at radius 2 is 1.71 bits per heavy atom. The zero-order valence-electron chi connectivity index (χ0n) is 13.4. The summed E-state index contributed by atoms with van der Waals surface area (Å²) in [6, 6.07) is 12.7. The zero-order valence-corrected chi connectivity index (χ0v) is 13.4. The molecule has 1 aromatic rings. The second-order valence-electron chi connectivity index (χ2n) is 6.77. The maximum Gasteiger partial charge on any atom is 0.0110 e. The van der Waals surface area contributed by atoms with Crippen molar-refractivity contribution in [2.75, 3.05) is 19.6 Å². The minimum absolute atomic E-state index is 0.753. The summed E-state index contributed by atoms with van der Waals surface area (Å²) in [5.74, 6) is 0.794. The van der Waals surface area contributed by atoms with Gasteiger partial charge in [-0.1, -0.05) is 37.3 Å². The number of nitrogens with zero attached hydrogens (tertiary/aromatic N) is 1. The molecule has 1 aromatic carbocycles. The van der Waals surface area contributed by atoms with Crippen LogP contribution in [-0.2, 0) is 0 Å². The Morgan fingerprint density at radius 1 is 1.00 bits per heavy atom. The van der Waals surface area contributed by atoms with E-state index in [0.717, 1.165) is 18.0 Å². The van der Waals surface area contributed by atoms with Crippen molar-refractivity contribution in [1.82, 2.24) is 10.2 Å². The van der Waals surface area contributed by atoms with Crippen LogP contribution in [0, 0.1) is 0 Å². The summed E-state index contributed by atoms with van der Waals surface area (Å²) < 4.78 is 0. The van der Waals surface area contributed by atoms with Crippen molar-refractivity contribution in [3.63, 3.8) is 0 Å². The molecule has 0 aromatic heterocycles. The van der Waals surface area contributed by atoms with Crippen molar-refractivity contribution < 1.29 is 0 Å². The molecule has 3 rings (SSSR count). The number of hydrogen-bond donors (Lipinski definition) is 1. The highest BCUT2D eigenvalue weighted by atomic mass is 15.2. The van der Waals surface area contributed by atoms with Crippen molar-refractivity contribution in [2.45, 2.75) is 63.5 Å². The van der Waals surface area contributed by atoms with Crippen LogP contribution in [0.4, 0.5) is 0 Å². The van der Waals surface area contributed by atoms with Crippen LogP contribution in [0.3, 0.4) is 0 Å². The third-order valence-corrected chi connectivity index (χ3v) is 5.30. The first kappa shape index (κ1) is 15.1. The highest BCUT2D eigenvalue weighted by molar-refractivity contribution is 5.20. The van der Waals surface area contributed by atoms with E-state index < -0.39 is 0 Å². The monoisotopic (exact) mass is 286 g/mol. The molecule has 0 atom stereocenters. The molecule has 0 amide bonds. The van der Waals surface area contributed by atoms with Crippen LogP contribution >= 0.6 is 0 Å². The second kappa shape index (κ2) is 7.42. The summed E-state index contributed by atoms with van der Waals surface area (Å²) in [4.78, 5) is 2.64. The molecule has 1 N–H and O–H groups in total. The summed E-state index contributed by atoms with van der Waals surface area (Å²) in [6.07, 6.45) is 8.24. The molecule has 0 saturated heterocycles. The lowest BCUT2D eigenvalue weighted by atomic mass is 9.82. The van der Waals surface area contributed by atoms with E-state index in [-0.39, 0.29) is 0 Å². The summed E-state index contributed by atoms with van der Waals surface area (Å²) in [5.41, 5.74) is 1.54. The van der Waals surface area contributed by atoms with E-state index >= 15 is 0 Å². The van der Waals surface area contributed by atoms with Crippen LogP contribution < -0.4 is 5.32 Å². The Labute approximate surface area is 129 Å². The van der Waals surface area contributed by atoms with E-state index in [1.54, 1.807) is 5.56 Å². The molecule has 2 fully saturated rings. The number of likely N-dealkylation sites (N-methyl/N-ethyl adjacent to an activating group) is 1. The standard InChI is InChI=1S/C19H30N2/c1-2-21(19-12-13-19)15-14-20-18-10-8-17(9-11-18)16-6-4-3-5-7-16/h3-7,17-20H,2,8-15H2,1H3. The fourth-order valence-corrected chi connectivity index (χ4v) is 3.81. The Hall–Kier alpha value is -0.860. The molecule has 2 heteroatoms. The number of rotatable bonds is 7. The number of benzene rings is 1. The first-order valence-electron chi connectivity index (χ1n) is 8.89. The normalized spacial score (nSPS) is 26.2. The maximum absolute atomic E-state index is 3.80. The van der Waals surface area contributed by atoms with Crippen LogP contribution in [0.2, 0.25) is 0 Å². The third kappa shape index (κ3) is 4.31. The zero-order chi connectivity index (χ0) is 14.5. The molecule has 0 spiro atoms. The van der Waals surface area contributed by atoms with Gasteiger partial charge in [-0.15, -0.1) is 0 Å². The van der Waals surface area contributed by atoms with Crippen LogP contribution in [0.25, 0.3) is 0 Å². The van der Waals surface area contributed by atoms with Gasteiger partial charge in [-0.05, 0) is 56.6 Å². The van der Waals surface area contributed by atoms with Gasteiger partial charge >= 0.3 is 0 Å². The van der Waals surface area contributed by atoms with Crippen molar-refractivity contribution in [1.29, 1.82) is 0 Å². The highest BCUT2D eigenvalue weighted by Crippen LogP contribution is 2.32. The average Bonchev–Trinajstić information content (AvgIpc) is 3.38. The first-order chi connectivity index (χ1) is 10.4. The molecule has 0 unspecified atom stereocenters. The lowest BCUT2D eigenvalue weighted by molar-refractivity contribution is 0.261. The van der Waals surface area contributed by atoms with Gasteiger partial charge in [0.1, 0.15) is 0 Å². The van der Waals surface area contributed by atoms with Gasteiger partial charge in [0, 0.05) is 25.2 Å². The number of hydrogen-bond acceptors (Lipinski definition) is 2. The van der Waals surface area contributed by atoms with Gasteiger partial charge in [-0.25, -0.2) is 0 Å². The first-order valence-corrected chi connectivity index (χ1v) is 8.89. The van der Waals surface area contributed by atoms with E-state index in [0.29, 0.717) is 0 Å². The van der Waals surface area contributed by atoms with E-state index in [4.69, 9.17) is 0 Å². The highest BCUT2D eigenvalue weighted by Gasteiger charge is 2.27. The molecule has 0 heterocycles. The molecular weight excluding hydrogens is 256 g/mol. The molecule has 21 heavy (non-hydrogen) atoms. The largest absolute Gasteiger partial charge is 0.313 e. The van der Waals surface area contributed by atoms with Crippen molar-refractivity contribution in [2.24, 2.45) is 0 Å². The van der Waals surface area contributed by atoms with E-state index in [1.807, 2.05) is 0 Å². The molecular formula is C19H30N2. The molecule has 116 valence electrons. The van der Waals surface area contributed by atoms with E-state index in [9.17, 15) is 0 Å². The van der Waals surface area contributed by atoms with Gasteiger partial charge in [-0.2, -0.15) is 0 Å². The molecule has 0 aliphatic heterocycles. The smallest absolute Gasteiger partial charge is 0.0110 e. The SMILES string of the molecule is CCN(CCNC1CCC(c2ccccc2)CC1)C1CC1. The van der Waals surface area contributed by atoms with Crippen LogP contribution in [-0.4, -0.2) is 36.6 Å². The van der Waals surface area contributed by atoms with Gasteiger partial charge in [0.15, 0.2) is 0 Å². The van der Waals surface area contributed by atoms with E-state index in [2.05, 4.69) is 47.5 Å². The predicted molar refractivity (Wildman–Crippen MR) is 89.7 cm³/mol. The van der Waals surface area contributed by atoms with Crippen LogP contribution in [0.1, 0.15) is 56.9 Å². The molecule has 0 radical (unpaired) electrons. The topological polar surface area (TPSA) is 15.3 Å². The Bertz CT molecular complexity index is 405. The molecule has 2 aliphatic carbocycles. The lowest BCUT2D eigenvalue weighted by Crippen LogP contribution is -2.39. The summed E-state index contributed by atoms with van der Waals surface area (Å²) in [6.45, 7) is 5.92. The van der Waals surface area contributed by atoms with Gasteiger partial charge in [0.05, 0.1) is 0 Å². The number of nitrogens with one attached hydrogen (secondary N) is 1. The van der Waals surface area contributed by atoms with Crippen molar-refractivity contribution >= 4 is 0 Å². The van der Waals surface area contributed by atoms with Gasteiger partial charge < -0.3 is 5.32 Å². The average molecular weight is 286 g/mol. The summed E-state index contributed by atoms with van der Waals surface area (Å²) in [7, 11) is 0. The van der Waals surface area contributed by atoms with Crippen molar-refractivity contribution in [3.05, 3.63) is 35.9 Å². The molecule has 2 saturated carbocycles. The Morgan fingerprint density at radius 3 is 2.33 bits per heavy atom. The quantitative estimate of drug-likeness (QED) is 0.820. The second-order valence-corrected chi connectivity index (χ2v) is 6.77. The third-order valence-electron chi connectivity index (χ3n) is 5.30. The predicted octanol–water partition coefficient (Wildman–Crippen LogP) is 3.79. The minimum atomic E-state index is 0.753. The molecule has 0 bridgehead atoms. The molecule has 2 aliphatic rings. The van der Waals surface area contributed by atoms with Crippen LogP contribution in [0.15, 0.2) is 30.3 Å². The van der Waals surface area contributed by atoms with Crippen molar-refractivity contribution in [3.8, 4) is 0 Å². The minimum Gasteiger partial charge on any atom is -0.313 e. The Kier molecular flexibility index (Phi) is 5.32. The van der Waals surface area contributed by atoms with Gasteiger partial charge in [0.2, 0.25) is 0 Å². The fourth-order valence-electron chi connectivity index (χ4n) is 3.81. The van der Waals surface area contributed by atoms with Crippen LogP contribution in [0.5, 0.6) is 0 Å². The maximum atomic E-state index is 3.80. The molecule has 2 nitrogen and oxygen atoms in total. The fraction of sp³-hybridized carbons (Fsp3) is 0.684.